The van der Waals surface area contributed by atoms with E-state index in [4.69, 9.17) is 5.11 Å². The number of aromatic nitrogens is 1. The van der Waals surface area contributed by atoms with E-state index >= 15 is 0 Å². The van der Waals surface area contributed by atoms with Gasteiger partial charge in [0.2, 0.25) is 5.91 Å². The number of carboxylic acids is 1. The van der Waals surface area contributed by atoms with Crippen LogP contribution in [0.1, 0.15) is 51.0 Å². The van der Waals surface area contributed by atoms with Gasteiger partial charge in [-0.15, -0.1) is 0 Å². The summed E-state index contributed by atoms with van der Waals surface area (Å²) in [5, 5.41) is 11.5. The fourth-order valence-electron chi connectivity index (χ4n) is 2.25. The molecular formula is C15H22N2O3. The van der Waals surface area contributed by atoms with Crippen LogP contribution in [0.25, 0.3) is 0 Å². The van der Waals surface area contributed by atoms with Gasteiger partial charge in [0.25, 0.3) is 0 Å². The van der Waals surface area contributed by atoms with E-state index in [0.29, 0.717) is 6.42 Å². The Bertz CT molecular complexity index is 492. The molecule has 1 unspecified atom stereocenters. The van der Waals surface area contributed by atoms with Crippen molar-refractivity contribution in [3.05, 3.63) is 23.9 Å². The van der Waals surface area contributed by atoms with Crippen molar-refractivity contribution in [3.63, 3.8) is 0 Å². The summed E-state index contributed by atoms with van der Waals surface area (Å²) in [6.07, 6.45) is 1.35. The van der Waals surface area contributed by atoms with Crippen LogP contribution >= 0.6 is 0 Å². The quantitative estimate of drug-likeness (QED) is 0.867. The number of nitrogens with one attached hydrogen (secondary N) is 1. The molecule has 0 aliphatic rings. The monoisotopic (exact) mass is 278 g/mol. The van der Waals surface area contributed by atoms with E-state index in [2.05, 4.69) is 31.1 Å². The van der Waals surface area contributed by atoms with Crippen molar-refractivity contribution in [2.45, 2.75) is 40.5 Å². The Morgan fingerprint density at radius 1 is 1.35 bits per heavy atom. The number of carboxylic acid groups (broad SMARTS) is 1. The first-order chi connectivity index (χ1) is 9.17. The Morgan fingerprint density at radius 3 is 2.55 bits per heavy atom. The van der Waals surface area contributed by atoms with Gasteiger partial charge in [-0.2, -0.15) is 0 Å². The summed E-state index contributed by atoms with van der Waals surface area (Å²) in [5.41, 5.74) is 0.104. The van der Waals surface area contributed by atoms with E-state index in [1.165, 1.54) is 6.07 Å². The first kappa shape index (κ1) is 16.1. The first-order valence-corrected chi connectivity index (χ1v) is 6.67. The van der Waals surface area contributed by atoms with E-state index in [-0.39, 0.29) is 28.8 Å². The highest BCUT2D eigenvalue weighted by atomic mass is 16.4. The summed E-state index contributed by atoms with van der Waals surface area (Å²) in [6, 6.07) is 4.53. The fraction of sp³-hybridized carbons (Fsp3) is 0.533. The Morgan fingerprint density at radius 2 is 2.00 bits per heavy atom. The molecule has 5 heteroatoms. The third-order valence-electron chi connectivity index (χ3n) is 2.73. The minimum Gasteiger partial charge on any atom is -0.477 e. The predicted octanol–water partition coefficient (Wildman–Crippen LogP) is 3.18. The molecular weight excluding hydrogens is 256 g/mol. The molecule has 110 valence electrons. The first-order valence-electron chi connectivity index (χ1n) is 6.67. The second-order valence-corrected chi connectivity index (χ2v) is 6.34. The number of carbonyl (C=O) groups excluding carboxylic acids is 1. The van der Waals surface area contributed by atoms with Gasteiger partial charge in [-0.25, -0.2) is 9.78 Å². The van der Waals surface area contributed by atoms with Crippen molar-refractivity contribution in [1.29, 1.82) is 0 Å². The Hall–Kier alpha value is -1.91. The highest BCUT2D eigenvalue weighted by Gasteiger charge is 2.18. The molecule has 5 nitrogen and oxygen atoms in total. The van der Waals surface area contributed by atoms with Crippen LogP contribution in [-0.2, 0) is 4.79 Å². The van der Waals surface area contributed by atoms with Gasteiger partial charge in [0.15, 0.2) is 5.69 Å². The third-order valence-corrected chi connectivity index (χ3v) is 2.73. The van der Waals surface area contributed by atoms with Crippen LogP contribution in [0.2, 0.25) is 0 Å². The number of anilines is 1. The van der Waals surface area contributed by atoms with E-state index in [9.17, 15) is 9.59 Å². The fourth-order valence-corrected chi connectivity index (χ4v) is 2.25. The van der Waals surface area contributed by atoms with Crippen LogP contribution in [0.4, 0.5) is 5.82 Å². The van der Waals surface area contributed by atoms with E-state index in [0.717, 1.165) is 6.42 Å². The number of amides is 1. The molecule has 0 bridgehead atoms. The molecule has 0 radical (unpaired) electrons. The molecule has 0 saturated carbocycles. The largest absolute Gasteiger partial charge is 0.477 e. The van der Waals surface area contributed by atoms with E-state index in [1.807, 2.05) is 6.92 Å². The average Bonchev–Trinajstić information content (AvgIpc) is 2.25. The molecule has 0 spiro atoms. The van der Waals surface area contributed by atoms with Crippen molar-refractivity contribution in [1.82, 2.24) is 4.98 Å². The molecule has 2 N–H and O–H groups in total. The molecule has 20 heavy (non-hydrogen) atoms. The molecule has 0 aliphatic heterocycles. The van der Waals surface area contributed by atoms with E-state index in [1.54, 1.807) is 12.1 Å². The number of pyridine rings is 1. The number of hydrogen-bond acceptors (Lipinski definition) is 3. The van der Waals surface area contributed by atoms with Crippen LogP contribution < -0.4 is 5.32 Å². The van der Waals surface area contributed by atoms with Gasteiger partial charge in [0.1, 0.15) is 5.82 Å². The standard InChI is InChI=1S/C15H22N2O3/c1-10(9-15(2,3)4)8-13(18)17-12-7-5-6-11(16-12)14(19)20/h5-7,10H,8-9H2,1-4H3,(H,19,20)(H,16,17,18). The van der Waals surface area contributed by atoms with Crippen molar-refractivity contribution in [2.24, 2.45) is 11.3 Å². The molecule has 1 atom stereocenters. The highest BCUT2D eigenvalue weighted by Crippen LogP contribution is 2.26. The van der Waals surface area contributed by atoms with E-state index < -0.39 is 5.97 Å². The van der Waals surface area contributed by atoms with Crippen LogP contribution in [0, 0.1) is 11.3 Å². The normalized spacial score (nSPS) is 12.8. The second kappa shape index (κ2) is 6.50. The molecule has 0 fully saturated rings. The third kappa shape index (κ3) is 5.82. The van der Waals surface area contributed by atoms with Gasteiger partial charge in [0, 0.05) is 6.42 Å². The lowest BCUT2D eigenvalue weighted by Crippen LogP contribution is -2.19. The number of nitrogens with zero attached hydrogens (tertiary/aromatic N) is 1. The molecule has 1 aromatic rings. The second-order valence-electron chi connectivity index (χ2n) is 6.34. The predicted molar refractivity (Wildman–Crippen MR) is 77.7 cm³/mol. The topological polar surface area (TPSA) is 79.3 Å². The molecule has 0 aliphatic carbocycles. The lowest BCUT2D eigenvalue weighted by atomic mass is 9.84. The zero-order valence-electron chi connectivity index (χ0n) is 12.4. The number of hydrogen-bond donors (Lipinski definition) is 2. The highest BCUT2D eigenvalue weighted by molar-refractivity contribution is 5.91. The van der Waals surface area contributed by atoms with Gasteiger partial charge in [-0.05, 0) is 29.9 Å². The smallest absolute Gasteiger partial charge is 0.354 e. The molecule has 0 aromatic carbocycles. The number of rotatable bonds is 5. The van der Waals surface area contributed by atoms with Gasteiger partial charge in [0.05, 0.1) is 0 Å². The van der Waals surface area contributed by atoms with Crippen molar-refractivity contribution in [2.75, 3.05) is 5.32 Å². The van der Waals surface area contributed by atoms with Crippen molar-refractivity contribution >= 4 is 17.7 Å². The summed E-state index contributed by atoms with van der Waals surface area (Å²) >= 11 is 0. The van der Waals surface area contributed by atoms with Crippen LogP contribution in [0.3, 0.4) is 0 Å². The van der Waals surface area contributed by atoms with Gasteiger partial charge < -0.3 is 10.4 Å². The number of aromatic carboxylic acids is 1. The minimum absolute atomic E-state index is 0.0782. The number of carbonyl (C=O) groups is 2. The molecule has 0 saturated heterocycles. The zero-order valence-corrected chi connectivity index (χ0v) is 12.4. The van der Waals surface area contributed by atoms with Crippen molar-refractivity contribution < 1.29 is 14.7 Å². The van der Waals surface area contributed by atoms with Crippen LogP contribution in [-0.4, -0.2) is 22.0 Å². The Labute approximate surface area is 119 Å². The molecule has 1 rings (SSSR count). The van der Waals surface area contributed by atoms with Crippen LogP contribution in [0.15, 0.2) is 18.2 Å². The summed E-state index contributed by atoms with van der Waals surface area (Å²) in [4.78, 5) is 26.6. The average molecular weight is 278 g/mol. The molecule has 1 amide bonds. The summed E-state index contributed by atoms with van der Waals surface area (Å²) < 4.78 is 0. The summed E-state index contributed by atoms with van der Waals surface area (Å²) in [5.74, 6) is -0.713. The maximum Gasteiger partial charge on any atom is 0.354 e. The minimum atomic E-state index is -1.11. The maximum absolute atomic E-state index is 11.9. The van der Waals surface area contributed by atoms with Crippen molar-refractivity contribution in [3.8, 4) is 0 Å². The van der Waals surface area contributed by atoms with Gasteiger partial charge in [-0.1, -0.05) is 33.8 Å². The summed E-state index contributed by atoms with van der Waals surface area (Å²) in [6.45, 7) is 8.45. The Kier molecular flexibility index (Phi) is 5.25. The zero-order chi connectivity index (χ0) is 15.3. The molecule has 1 aromatic heterocycles. The lowest BCUT2D eigenvalue weighted by molar-refractivity contribution is -0.117. The Balaban J connectivity index is 2.58. The maximum atomic E-state index is 11.9. The SMILES string of the molecule is CC(CC(=O)Nc1cccc(C(=O)O)n1)CC(C)(C)C. The van der Waals surface area contributed by atoms with Gasteiger partial charge in [-0.3, -0.25) is 4.79 Å². The summed E-state index contributed by atoms with van der Waals surface area (Å²) in [7, 11) is 0. The lowest BCUT2D eigenvalue weighted by Gasteiger charge is -2.22. The molecule has 1 heterocycles. The van der Waals surface area contributed by atoms with Gasteiger partial charge >= 0.3 is 5.97 Å². The van der Waals surface area contributed by atoms with Crippen LogP contribution in [0.5, 0.6) is 0 Å².